The first-order valence-corrected chi connectivity index (χ1v) is 6.12. The van der Waals surface area contributed by atoms with Crippen LogP contribution in [0, 0.1) is 5.92 Å². The maximum atomic E-state index is 11.6. The number of nitrogens with one attached hydrogen (secondary N) is 2. The second-order valence-electron chi connectivity index (χ2n) is 4.61. The summed E-state index contributed by atoms with van der Waals surface area (Å²) in [5.41, 5.74) is 7.03. The maximum absolute atomic E-state index is 11.6. The van der Waals surface area contributed by atoms with E-state index in [4.69, 9.17) is 5.73 Å². The van der Waals surface area contributed by atoms with Gasteiger partial charge in [-0.15, -0.1) is 0 Å². The molecule has 2 unspecified atom stereocenters. The van der Waals surface area contributed by atoms with E-state index in [2.05, 4.69) is 17.6 Å². The predicted octanol–water partition coefficient (Wildman–Crippen LogP) is 2.58. The van der Waals surface area contributed by atoms with E-state index in [0.717, 1.165) is 12.1 Å². The molecule has 92 valence electrons. The Kier molecular flexibility index (Phi) is 3.52. The molecule has 1 aliphatic carbocycles. The SMILES string of the molecule is CCCC1CC1NC(=O)Nc1ccc(N)cc1. The van der Waals surface area contributed by atoms with Gasteiger partial charge in [-0.2, -0.15) is 0 Å². The topological polar surface area (TPSA) is 67.2 Å². The summed E-state index contributed by atoms with van der Waals surface area (Å²) in [6.45, 7) is 2.17. The van der Waals surface area contributed by atoms with E-state index in [1.165, 1.54) is 12.8 Å². The fourth-order valence-corrected chi connectivity index (χ4v) is 2.02. The van der Waals surface area contributed by atoms with Gasteiger partial charge in [-0.1, -0.05) is 13.3 Å². The van der Waals surface area contributed by atoms with Crippen molar-refractivity contribution in [3.8, 4) is 0 Å². The molecule has 0 bridgehead atoms. The average Bonchev–Trinajstić information content (AvgIpc) is 3.00. The largest absolute Gasteiger partial charge is 0.399 e. The number of nitrogens with two attached hydrogens (primary N) is 1. The highest BCUT2D eigenvalue weighted by atomic mass is 16.2. The summed E-state index contributed by atoms with van der Waals surface area (Å²) < 4.78 is 0. The first-order valence-electron chi connectivity index (χ1n) is 6.12. The minimum atomic E-state index is -0.127. The number of amides is 2. The molecule has 4 heteroatoms. The number of rotatable bonds is 4. The highest BCUT2D eigenvalue weighted by molar-refractivity contribution is 5.89. The number of carbonyl (C=O) groups is 1. The molecule has 0 saturated heterocycles. The zero-order chi connectivity index (χ0) is 12.3. The average molecular weight is 233 g/mol. The van der Waals surface area contributed by atoms with Crippen molar-refractivity contribution in [3.63, 3.8) is 0 Å². The van der Waals surface area contributed by atoms with E-state index < -0.39 is 0 Å². The van der Waals surface area contributed by atoms with Crippen molar-refractivity contribution in [2.45, 2.75) is 32.2 Å². The van der Waals surface area contributed by atoms with Crippen LogP contribution in [0.5, 0.6) is 0 Å². The number of urea groups is 1. The van der Waals surface area contributed by atoms with Gasteiger partial charge in [0.25, 0.3) is 0 Å². The van der Waals surface area contributed by atoms with Crippen molar-refractivity contribution < 1.29 is 4.79 Å². The molecule has 1 aromatic carbocycles. The standard InChI is InChI=1S/C13H19N3O/c1-2-3-9-8-12(9)16-13(17)15-11-6-4-10(14)5-7-11/h4-7,9,12H,2-3,8,14H2,1H3,(H2,15,16,17). The molecule has 0 aromatic heterocycles. The third kappa shape index (κ3) is 3.37. The van der Waals surface area contributed by atoms with Gasteiger partial charge in [-0.05, 0) is 43.0 Å². The second kappa shape index (κ2) is 5.08. The van der Waals surface area contributed by atoms with Crippen molar-refractivity contribution in [1.82, 2.24) is 5.32 Å². The lowest BCUT2D eigenvalue weighted by atomic mass is 10.2. The summed E-state index contributed by atoms with van der Waals surface area (Å²) in [5.74, 6) is 0.678. The normalized spacial score (nSPS) is 21.9. The van der Waals surface area contributed by atoms with Crippen LogP contribution in [0.25, 0.3) is 0 Å². The zero-order valence-corrected chi connectivity index (χ0v) is 10.1. The van der Waals surface area contributed by atoms with Gasteiger partial charge in [-0.25, -0.2) is 4.79 Å². The van der Waals surface area contributed by atoms with Gasteiger partial charge in [0.1, 0.15) is 0 Å². The van der Waals surface area contributed by atoms with Gasteiger partial charge in [0.05, 0.1) is 0 Å². The van der Waals surface area contributed by atoms with Crippen molar-refractivity contribution >= 4 is 17.4 Å². The number of hydrogen-bond donors (Lipinski definition) is 3. The number of nitrogen functional groups attached to an aromatic ring is 1. The fourth-order valence-electron chi connectivity index (χ4n) is 2.02. The second-order valence-corrected chi connectivity index (χ2v) is 4.61. The molecule has 0 spiro atoms. The zero-order valence-electron chi connectivity index (χ0n) is 10.1. The quantitative estimate of drug-likeness (QED) is 0.700. The molecule has 1 aliphatic rings. The number of benzene rings is 1. The number of hydrogen-bond acceptors (Lipinski definition) is 2. The van der Waals surface area contributed by atoms with Crippen molar-refractivity contribution in [3.05, 3.63) is 24.3 Å². The molecule has 0 aliphatic heterocycles. The summed E-state index contributed by atoms with van der Waals surface area (Å²) in [5, 5.41) is 5.77. The van der Waals surface area contributed by atoms with E-state index in [1.54, 1.807) is 24.3 Å². The first-order chi connectivity index (χ1) is 8.19. The molecule has 1 saturated carbocycles. The molecule has 17 heavy (non-hydrogen) atoms. The van der Waals surface area contributed by atoms with Crippen LogP contribution in [0.15, 0.2) is 24.3 Å². The summed E-state index contributed by atoms with van der Waals surface area (Å²) in [6, 6.07) is 7.37. The molecule has 1 aromatic rings. The Balaban J connectivity index is 1.76. The van der Waals surface area contributed by atoms with Gasteiger partial charge in [0.15, 0.2) is 0 Å². The molecule has 2 rings (SSSR count). The smallest absolute Gasteiger partial charge is 0.319 e. The fraction of sp³-hybridized carbons (Fsp3) is 0.462. The Morgan fingerprint density at radius 3 is 2.76 bits per heavy atom. The molecule has 4 nitrogen and oxygen atoms in total. The van der Waals surface area contributed by atoms with Gasteiger partial charge >= 0.3 is 6.03 Å². The number of anilines is 2. The molecule has 0 heterocycles. The van der Waals surface area contributed by atoms with E-state index in [1.807, 2.05) is 0 Å². The van der Waals surface area contributed by atoms with E-state index >= 15 is 0 Å². The molecular formula is C13H19N3O. The Bertz CT molecular complexity index is 388. The van der Waals surface area contributed by atoms with Gasteiger partial charge in [-0.3, -0.25) is 0 Å². The molecule has 0 radical (unpaired) electrons. The monoisotopic (exact) mass is 233 g/mol. The van der Waals surface area contributed by atoms with Crippen molar-refractivity contribution in [1.29, 1.82) is 0 Å². The van der Waals surface area contributed by atoms with Crippen LogP contribution in [0.1, 0.15) is 26.2 Å². The lowest BCUT2D eigenvalue weighted by Gasteiger charge is -2.07. The van der Waals surface area contributed by atoms with Gasteiger partial charge in [0, 0.05) is 17.4 Å². The van der Waals surface area contributed by atoms with Gasteiger partial charge < -0.3 is 16.4 Å². The molecule has 2 amide bonds. The van der Waals surface area contributed by atoms with Crippen molar-refractivity contribution in [2.24, 2.45) is 5.92 Å². The van der Waals surface area contributed by atoms with E-state index in [9.17, 15) is 4.79 Å². The summed E-state index contributed by atoms with van der Waals surface area (Å²) >= 11 is 0. The Labute approximate surface area is 102 Å². The minimum Gasteiger partial charge on any atom is -0.399 e. The summed E-state index contributed by atoms with van der Waals surface area (Å²) in [7, 11) is 0. The number of carbonyl (C=O) groups excluding carboxylic acids is 1. The molecule has 1 fully saturated rings. The summed E-state index contributed by atoms with van der Waals surface area (Å²) in [4.78, 5) is 11.6. The van der Waals surface area contributed by atoms with Crippen molar-refractivity contribution in [2.75, 3.05) is 11.1 Å². The van der Waals surface area contributed by atoms with Crippen LogP contribution in [-0.2, 0) is 0 Å². The highest BCUT2D eigenvalue weighted by Crippen LogP contribution is 2.34. The van der Waals surface area contributed by atoms with Crippen LogP contribution in [-0.4, -0.2) is 12.1 Å². The summed E-state index contributed by atoms with van der Waals surface area (Å²) in [6.07, 6.45) is 3.50. The molecule has 4 N–H and O–H groups in total. The van der Waals surface area contributed by atoms with Crippen LogP contribution in [0.3, 0.4) is 0 Å². The molecule has 2 atom stereocenters. The lowest BCUT2D eigenvalue weighted by molar-refractivity contribution is 0.251. The Morgan fingerprint density at radius 1 is 1.41 bits per heavy atom. The third-order valence-corrected chi connectivity index (χ3v) is 3.07. The van der Waals surface area contributed by atoms with Crippen LogP contribution < -0.4 is 16.4 Å². The van der Waals surface area contributed by atoms with E-state index in [-0.39, 0.29) is 6.03 Å². The maximum Gasteiger partial charge on any atom is 0.319 e. The minimum absolute atomic E-state index is 0.127. The lowest BCUT2D eigenvalue weighted by Crippen LogP contribution is -2.31. The predicted molar refractivity (Wildman–Crippen MR) is 69.8 cm³/mol. The Hall–Kier alpha value is -1.71. The Morgan fingerprint density at radius 2 is 2.12 bits per heavy atom. The first kappa shape index (κ1) is 11.8. The van der Waals surface area contributed by atoms with Crippen LogP contribution >= 0.6 is 0 Å². The van der Waals surface area contributed by atoms with Crippen LogP contribution in [0.4, 0.5) is 16.2 Å². The van der Waals surface area contributed by atoms with E-state index in [0.29, 0.717) is 17.6 Å². The third-order valence-electron chi connectivity index (χ3n) is 3.07. The molecular weight excluding hydrogens is 214 g/mol. The highest BCUT2D eigenvalue weighted by Gasteiger charge is 2.37. The van der Waals surface area contributed by atoms with Crippen LogP contribution in [0.2, 0.25) is 0 Å². The van der Waals surface area contributed by atoms with Gasteiger partial charge in [0.2, 0.25) is 0 Å².